The maximum atomic E-state index is 2.64. The van der Waals surface area contributed by atoms with E-state index in [-0.39, 0.29) is 0 Å². The Labute approximate surface area is 117 Å². The van der Waals surface area contributed by atoms with Gasteiger partial charge in [0.1, 0.15) is 4.75 Å². The smallest absolute Gasteiger partial charge is 0.0622 e. The predicted octanol–water partition coefficient (Wildman–Crippen LogP) is 4.50. The first-order valence-corrected chi connectivity index (χ1v) is 9.87. The highest BCUT2D eigenvalue weighted by molar-refractivity contribution is 7.96. The zero-order valence-electron chi connectivity index (χ0n) is 13.2. The largest absolute Gasteiger partial charge is 0.130 e. The van der Waals surface area contributed by atoms with Gasteiger partial charge in [0.05, 0.1) is 12.5 Å². The van der Waals surface area contributed by atoms with Crippen molar-refractivity contribution in [1.82, 2.24) is 0 Å². The molecule has 3 aliphatic rings. The van der Waals surface area contributed by atoms with Crippen LogP contribution in [0.2, 0.25) is 0 Å². The number of rotatable bonds is 1. The van der Waals surface area contributed by atoms with Crippen LogP contribution in [0.4, 0.5) is 0 Å². The lowest BCUT2D eigenvalue weighted by Gasteiger charge is -2.44. The van der Waals surface area contributed by atoms with Crippen molar-refractivity contribution in [3.63, 3.8) is 0 Å². The fourth-order valence-corrected chi connectivity index (χ4v) is 8.11. The lowest BCUT2D eigenvalue weighted by Crippen LogP contribution is -2.49. The first-order chi connectivity index (χ1) is 8.26. The summed E-state index contributed by atoms with van der Waals surface area (Å²) in [4.78, 5) is 0. The van der Waals surface area contributed by atoms with Gasteiger partial charge >= 0.3 is 0 Å². The summed E-state index contributed by atoms with van der Waals surface area (Å²) in [7, 11) is 0.568. The van der Waals surface area contributed by atoms with E-state index in [9.17, 15) is 0 Å². The van der Waals surface area contributed by atoms with E-state index in [0.717, 1.165) is 17.8 Å². The molecule has 0 saturated heterocycles. The van der Waals surface area contributed by atoms with Gasteiger partial charge in [-0.05, 0) is 73.1 Å². The maximum Gasteiger partial charge on any atom is 0.130 e. The standard InChI is InChI=1S/C17H31S/c1-12-7-10-17-11-13(12)15(2,3)14(17)8-9-16(17,4)18(5)6/h12-14H,7-11H2,1-6H3/q+1/t12-,13-,14+,16-,17+/m1/s1. The number of hydrogen-bond acceptors (Lipinski definition) is 0. The zero-order chi connectivity index (χ0) is 13.3. The molecule has 2 bridgehead atoms. The molecule has 0 aromatic heterocycles. The summed E-state index contributed by atoms with van der Waals surface area (Å²) in [5.41, 5.74) is 1.31. The first-order valence-electron chi connectivity index (χ1n) is 7.83. The second-order valence-electron chi connectivity index (χ2n) is 8.44. The van der Waals surface area contributed by atoms with E-state index in [1.165, 1.54) is 25.7 Å². The normalized spacial score (nSPS) is 53.8. The topological polar surface area (TPSA) is 0 Å². The molecule has 1 heteroatoms. The van der Waals surface area contributed by atoms with Gasteiger partial charge in [-0.3, -0.25) is 0 Å². The van der Waals surface area contributed by atoms with Gasteiger partial charge < -0.3 is 0 Å². The monoisotopic (exact) mass is 267 g/mol. The molecular weight excluding hydrogens is 236 g/mol. The fourth-order valence-electron chi connectivity index (χ4n) is 6.44. The van der Waals surface area contributed by atoms with Gasteiger partial charge in [-0.25, -0.2) is 0 Å². The molecule has 0 heterocycles. The van der Waals surface area contributed by atoms with Gasteiger partial charge in [0.15, 0.2) is 0 Å². The van der Waals surface area contributed by atoms with Crippen LogP contribution < -0.4 is 0 Å². The van der Waals surface area contributed by atoms with Crippen molar-refractivity contribution >= 4 is 10.9 Å². The molecule has 0 nitrogen and oxygen atoms in total. The molecule has 0 aliphatic heterocycles. The van der Waals surface area contributed by atoms with Crippen molar-refractivity contribution < 1.29 is 0 Å². The van der Waals surface area contributed by atoms with Gasteiger partial charge in [-0.2, -0.15) is 0 Å². The lowest BCUT2D eigenvalue weighted by atomic mass is 9.65. The van der Waals surface area contributed by atoms with E-state index >= 15 is 0 Å². The van der Waals surface area contributed by atoms with Gasteiger partial charge in [0.2, 0.25) is 0 Å². The molecule has 3 saturated carbocycles. The second kappa shape index (κ2) is 3.71. The van der Waals surface area contributed by atoms with Gasteiger partial charge in [-0.15, -0.1) is 0 Å². The highest BCUT2D eigenvalue weighted by Gasteiger charge is 2.73. The molecule has 0 aromatic carbocycles. The third kappa shape index (κ3) is 1.30. The average molecular weight is 268 g/mol. The molecule has 0 radical (unpaired) electrons. The van der Waals surface area contributed by atoms with Crippen LogP contribution in [0.3, 0.4) is 0 Å². The van der Waals surface area contributed by atoms with Crippen LogP contribution in [0.1, 0.15) is 59.8 Å². The molecule has 0 unspecified atom stereocenters. The summed E-state index contributed by atoms with van der Waals surface area (Å²) in [6, 6.07) is 0. The van der Waals surface area contributed by atoms with Crippen molar-refractivity contribution in [1.29, 1.82) is 0 Å². The molecular formula is C17H31S+. The minimum absolute atomic E-state index is 0.568. The number of hydrogen-bond donors (Lipinski definition) is 0. The van der Waals surface area contributed by atoms with Crippen LogP contribution in [-0.4, -0.2) is 17.3 Å². The average Bonchev–Trinajstić information content (AvgIpc) is 2.67. The molecule has 104 valence electrons. The Morgan fingerprint density at radius 3 is 2.28 bits per heavy atom. The van der Waals surface area contributed by atoms with Crippen LogP contribution in [-0.2, 0) is 10.9 Å². The first kappa shape index (κ1) is 13.3. The van der Waals surface area contributed by atoms with Crippen molar-refractivity contribution in [3.8, 4) is 0 Å². The Kier molecular flexibility index (Phi) is 2.75. The fraction of sp³-hybridized carbons (Fsp3) is 1.00. The summed E-state index contributed by atoms with van der Waals surface area (Å²) in [6.45, 7) is 10.4. The van der Waals surface area contributed by atoms with Crippen LogP contribution in [0.25, 0.3) is 0 Å². The second-order valence-corrected chi connectivity index (χ2v) is 11.0. The van der Waals surface area contributed by atoms with Crippen molar-refractivity contribution in [2.45, 2.75) is 64.5 Å². The Balaban J connectivity index is 2.08. The van der Waals surface area contributed by atoms with E-state index in [4.69, 9.17) is 0 Å². The van der Waals surface area contributed by atoms with E-state index in [1.807, 2.05) is 0 Å². The summed E-state index contributed by atoms with van der Waals surface area (Å²) in [6.07, 6.45) is 12.6. The summed E-state index contributed by atoms with van der Waals surface area (Å²) in [5, 5.41) is 0. The molecule has 18 heavy (non-hydrogen) atoms. The van der Waals surface area contributed by atoms with Crippen LogP contribution in [0, 0.1) is 28.6 Å². The van der Waals surface area contributed by atoms with E-state index < -0.39 is 0 Å². The van der Waals surface area contributed by atoms with Crippen molar-refractivity contribution in [2.24, 2.45) is 28.6 Å². The highest BCUT2D eigenvalue weighted by Crippen LogP contribution is 2.74. The lowest BCUT2D eigenvalue weighted by molar-refractivity contribution is 0.121. The van der Waals surface area contributed by atoms with Crippen LogP contribution in [0.15, 0.2) is 0 Å². The molecule has 3 fully saturated rings. The molecule has 0 amide bonds. The Hall–Kier alpha value is 0.350. The van der Waals surface area contributed by atoms with Crippen LogP contribution in [0.5, 0.6) is 0 Å². The Morgan fingerprint density at radius 1 is 1.00 bits per heavy atom. The van der Waals surface area contributed by atoms with E-state index in [0.29, 0.717) is 26.5 Å². The third-order valence-electron chi connectivity index (χ3n) is 7.70. The van der Waals surface area contributed by atoms with Gasteiger partial charge in [-0.1, -0.05) is 20.8 Å². The van der Waals surface area contributed by atoms with E-state index in [2.05, 4.69) is 40.2 Å². The molecule has 0 N–H and O–H groups in total. The quantitative estimate of drug-likeness (QED) is 0.614. The van der Waals surface area contributed by atoms with Crippen molar-refractivity contribution in [2.75, 3.05) is 12.5 Å². The Morgan fingerprint density at radius 2 is 1.67 bits per heavy atom. The Bertz CT molecular complexity index is 359. The SMILES string of the molecule is C[C@@H]1CC[C@]23C[C@H]1C(C)(C)[C@@H]2CC[C@@]3(C)[S+](C)C. The predicted molar refractivity (Wildman–Crippen MR) is 83.1 cm³/mol. The molecule has 3 aliphatic carbocycles. The maximum absolute atomic E-state index is 2.64. The summed E-state index contributed by atoms with van der Waals surface area (Å²) >= 11 is 0. The zero-order valence-corrected chi connectivity index (χ0v) is 14.0. The highest BCUT2D eigenvalue weighted by atomic mass is 32.2. The number of fused-ring (bicyclic) bond motifs is 1. The minimum atomic E-state index is 0.568. The van der Waals surface area contributed by atoms with E-state index in [1.54, 1.807) is 6.42 Å². The van der Waals surface area contributed by atoms with Crippen LogP contribution >= 0.6 is 0 Å². The molecule has 5 atom stereocenters. The van der Waals surface area contributed by atoms with Gasteiger partial charge in [0.25, 0.3) is 0 Å². The molecule has 1 spiro atoms. The molecule has 0 aromatic rings. The summed E-state index contributed by atoms with van der Waals surface area (Å²) < 4.78 is 0.643. The third-order valence-corrected chi connectivity index (χ3v) is 10.1. The van der Waals surface area contributed by atoms with Gasteiger partial charge in [0, 0.05) is 5.41 Å². The minimum Gasteiger partial charge on any atom is -0.0622 e. The van der Waals surface area contributed by atoms with Crippen molar-refractivity contribution in [3.05, 3.63) is 0 Å². The molecule has 3 rings (SSSR count). The summed E-state index contributed by atoms with van der Waals surface area (Å²) in [5.74, 6) is 2.98.